The topological polar surface area (TPSA) is 62.3 Å². The molecule has 1 aromatic rings. The average Bonchev–Trinajstić information content (AvgIpc) is 2.50. The first kappa shape index (κ1) is 15.6. The van der Waals surface area contributed by atoms with E-state index in [0.29, 0.717) is 13.1 Å². The van der Waals surface area contributed by atoms with Crippen molar-refractivity contribution in [1.82, 2.24) is 9.88 Å². The van der Waals surface area contributed by atoms with Crippen LogP contribution in [0.4, 0.5) is 5.69 Å². The minimum Gasteiger partial charge on any atom is -0.337 e. The zero-order chi connectivity index (χ0) is 15.4. The van der Waals surface area contributed by atoms with Gasteiger partial charge in [0.05, 0.1) is 11.4 Å². The standard InChI is InChI=1S/C15H19N3O2S/c1-4-14(19)18-5-6-21-13(9-18)15(20)17-12-7-10(2)8-16-11(12)3/h4,7-8,13H,1,5-6,9H2,2-3H3,(H,17,20). The largest absolute Gasteiger partial charge is 0.337 e. The highest BCUT2D eigenvalue weighted by molar-refractivity contribution is 8.00. The SMILES string of the molecule is C=CC(=O)N1CCSC(C(=O)Nc2cc(C)cnc2C)C1. The highest BCUT2D eigenvalue weighted by Gasteiger charge is 2.28. The molecule has 112 valence electrons. The molecule has 2 amide bonds. The van der Waals surface area contributed by atoms with E-state index >= 15 is 0 Å². The summed E-state index contributed by atoms with van der Waals surface area (Å²) in [5, 5.41) is 2.65. The second kappa shape index (κ2) is 6.76. The van der Waals surface area contributed by atoms with Crippen LogP contribution in [0.3, 0.4) is 0 Å². The predicted molar refractivity (Wildman–Crippen MR) is 85.4 cm³/mol. The Hall–Kier alpha value is -1.82. The fourth-order valence-electron chi connectivity index (χ4n) is 2.11. The van der Waals surface area contributed by atoms with Gasteiger partial charge in [0, 0.05) is 25.0 Å². The van der Waals surface area contributed by atoms with Gasteiger partial charge in [0.2, 0.25) is 11.8 Å². The molecule has 0 spiro atoms. The van der Waals surface area contributed by atoms with Crippen LogP contribution in [0.25, 0.3) is 0 Å². The van der Waals surface area contributed by atoms with Crippen molar-refractivity contribution < 1.29 is 9.59 Å². The normalized spacial score (nSPS) is 18.2. The fourth-order valence-corrected chi connectivity index (χ4v) is 3.22. The molecule has 6 heteroatoms. The maximum absolute atomic E-state index is 12.4. The third-order valence-electron chi connectivity index (χ3n) is 3.33. The first-order valence-corrected chi connectivity index (χ1v) is 7.83. The molecule has 2 rings (SSSR count). The summed E-state index contributed by atoms with van der Waals surface area (Å²) in [6.45, 7) is 8.35. The Morgan fingerprint density at radius 3 is 3.00 bits per heavy atom. The molecule has 0 aliphatic carbocycles. The van der Waals surface area contributed by atoms with E-state index in [4.69, 9.17) is 0 Å². The molecule has 1 aliphatic rings. The Morgan fingerprint density at radius 2 is 2.29 bits per heavy atom. The van der Waals surface area contributed by atoms with Crippen LogP contribution < -0.4 is 5.32 Å². The van der Waals surface area contributed by atoms with Gasteiger partial charge in [-0.05, 0) is 31.6 Å². The summed E-state index contributed by atoms with van der Waals surface area (Å²) in [4.78, 5) is 29.9. The first-order chi connectivity index (χ1) is 10.0. The number of rotatable bonds is 3. The van der Waals surface area contributed by atoms with E-state index in [1.807, 2.05) is 19.9 Å². The van der Waals surface area contributed by atoms with E-state index < -0.39 is 0 Å². The number of carbonyl (C=O) groups excluding carboxylic acids is 2. The van der Waals surface area contributed by atoms with Crippen molar-refractivity contribution >= 4 is 29.3 Å². The number of nitrogens with zero attached hydrogens (tertiary/aromatic N) is 2. The monoisotopic (exact) mass is 305 g/mol. The van der Waals surface area contributed by atoms with Crippen molar-refractivity contribution in [2.45, 2.75) is 19.1 Å². The Morgan fingerprint density at radius 1 is 1.52 bits per heavy atom. The van der Waals surface area contributed by atoms with Gasteiger partial charge in [-0.25, -0.2) is 0 Å². The molecule has 0 saturated carbocycles. The van der Waals surface area contributed by atoms with E-state index in [1.54, 1.807) is 22.9 Å². The smallest absolute Gasteiger partial charge is 0.246 e. The van der Waals surface area contributed by atoms with Crippen molar-refractivity contribution in [3.05, 3.63) is 36.2 Å². The van der Waals surface area contributed by atoms with Crippen LogP contribution in [0, 0.1) is 13.8 Å². The van der Waals surface area contributed by atoms with Gasteiger partial charge in [-0.15, -0.1) is 11.8 Å². The third kappa shape index (κ3) is 3.85. The van der Waals surface area contributed by atoms with Crippen molar-refractivity contribution in [1.29, 1.82) is 0 Å². The molecule has 1 aromatic heterocycles. The van der Waals surface area contributed by atoms with E-state index in [9.17, 15) is 9.59 Å². The van der Waals surface area contributed by atoms with Gasteiger partial charge in [0.15, 0.2) is 0 Å². The molecular formula is C15H19N3O2S. The molecule has 5 nitrogen and oxygen atoms in total. The molecule has 1 N–H and O–H groups in total. The number of hydrogen-bond donors (Lipinski definition) is 1. The number of aromatic nitrogens is 1. The zero-order valence-electron chi connectivity index (χ0n) is 12.3. The number of anilines is 1. The quantitative estimate of drug-likeness (QED) is 0.865. The van der Waals surface area contributed by atoms with Gasteiger partial charge in [-0.3, -0.25) is 14.6 Å². The van der Waals surface area contributed by atoms with Crippen LogP contribution in [-0.4, -0.2) is 45.8 Å². The molecule has 1 atom stereocenters. The van der Waals surface area contributed by atoms with Crippen LogP contribution in [-0.2, 0) is 9.59 Å². The minimum absolute atomic E-state index is 0.0861. The Kier molecular flexibility index (Phi) is 5.01. The Bertz CT molecular complexity index is 574. The molecule has 1 aliphatic heterocycles. The number of nitrogens with one attached hydrogen (secondary N) is 1. The summed E-state index contributed by atoms with van der Waals surface area (Å²) >= 11 is 1.57. The summed E-state index contributed by atoms with van der Waals surface area (Å²) in [6, 6.07) is 1.90. The van der Waals surface area contributed by atoms with E-state index in [1.165, 1.54) is 6.08 Å². The summed E-state index contributed by atoms with van der Waals surface area (Å²) in [6.07, 6.45) is 3.06. The van der Waals surface area contributed by atoms with Crippen LogP contribution in [0.15, 0.2) is 24.9 Å². The van der Waals surface area contributed by atoms with Crippen molar-refractivity contribution in [3.63, 3.8) is 0 Å². The lowest BCUT2D eigenvalue weighted by molar-refractivity contribution is -0.126. The maximum Gasteiger partial charge on any atom is 0.246 e. The summed E-state index contributed by atoms with van der Waals surface area (Å²) in [5.74, 6) is 0.543. The highest BCUT2D eigenvalue weighted by atomic mass is 32.2. The molecule has 2 heterocycles. The number of thioether (sulfide) groups is 1. The van der Waals surface area contributed by atoms with Crippen LogP contribution in [0.5, 0.6) is 0 Å². The fraction of sp³-hybridized carbons (Fsp3) is 0.400. The predicted octanol–water partition coefficient (Wildman–Crippen LogP) is 1.77. The molecule has 0 bridgehead atoms. The van der Waals surface area contributed by atoms with Crippen molar-refractivity contribution in [3.8, 4) is 0 Å². The van der Waals surface area contributed by atoms with E-state index in [0.717, 1.165) is 22.7 Å². The minimum atomic E-state index is -0.262. The molecular weight excluding hydrogens is 286 g/mol. The van der Waals surface area contributed by atoms with Crippen molar-refractivity contribution in [2.24, 2.45) is 0 Å². The summed E-state index contributed by atoms with van der Waals surface area (Å²) < 4.78 is 0. The molecule has 0 radical (unpaired) electrons. The van der Waals surface area contributed by atoms with Crippen LogP contribution in [0.1, 0.15) is 11.3 Å². The van der Waals surface area contributed by atoms with Gasteiger partial charge in [0.25, 0.3) is 0 Å². The van der Waals surface area contributed by atoms with Gasteiger partial charge in [-0.2, -0.15) is 0 Å². The first-order valence-electron chi connectivity index (χ1n) is 6.78. The van der Waals surface area contributed by atoms with Gasteiger partial charge in [0.1, 0.15) is 5.25 Å². The summed E-state index contributed by atoms with van der Waals surface area (Å²) in [7, 11) is 0. The molecule has 1 fully saturated rings. The molecule has 1 saturated heterocycles. The highest BCUT2D eigenvalue weighted by Crippen LogP contribution is 2.22. The third-order valence-corrected chi connectivity index (χ3v) is 4.51. The van der Waals surface area contributed by atoms with E-state index in [2.05, 4.69) is 16.9 Å². The number of hydrogen-bond acceptors (Lipinski definition) is 4. The number of aryl methyl sites for hydroxylation is 2. The van der Waals surface area contributed by atoms with E-state index in [-0.39, 0.29) is 17.1 Å². The maximum atomic E-state index is 12.4. The molecule has 1 unspecified atom stereocenters. The van der Waals surface area contributed by atoms with Gasteiger partial charge in [-0.1, -0.05) is 6.58 Å². The zero-order valence-corrected chi connectivity index (χ0v) is 13.1. The Balaban J connectivity index is 2.04. The second-order valence-electron chi connectivity index (χ2n) is 4.98. The van der Waals surface area contributed by atoms with Crippen LogP contribution >= 0.6 is 11.8 Å². The second-order valence-corrected chi connectivity index (χ2v) is 6.29. The Labute approximate surface area is 128 Å². The van der Waals surface area contributed by atoms with Gasteiger partial charge >= 0.3 is 0 Å². The lowest BCUT2D eigenvalue weighted by Crippen LogP contribution is -2.45. The van der Waals surface area contributed by atoms with Crippen LogP contribution in [0.2, 0.25) is 0 Å². The van der Waals surface area contributed by atoms with Crippen molar-refractivity contribution in [2.75, 3.05) is 24.2 Å². The lowest BCUT2D eigenvalue weighted by Gasteiger charge is -2.31. The number of carbonyl (C=O) groups is 2. The summed E-state index contributed by atoms with van der Waals surface area (Å²) in [5.41, 5.74) is 2.51. The lowest BCUT2D eigenvalue weighted by atomic mass is 10.2. The molecule has 0 aromatic carbocycles. The number of pyridine rings is 1. The number of amides is 2. The average molecular weight is 305 g/mol. The molecule has 21 heavy (non-hydrogen) atoms. The van der Waals surface area contributed by atoms with Gasteiger partial charge < -0.3 is 10.2 Å².